The molecule has 3 heteroatoms. The number of hydrogen-bond acceptors (Lipinski definition) is 2. The molecule has 112 valence electrons. The van der Waals surface area contributed by atoms with E-state index in [9.17, 15) is 0 Å². The number of benzene rings is 2. The monoisotopic (exact) mass is 347 g/mol. The van der Waals surface area contributed by atoms with Crippen molar-refractivity contribution in [3.63, 3.8) is 0 Å². The minimum absolute atomic E-state index is 0.351. The highest BCUT2D eigenvalue weighted by atomic mass is 79.9. The molecule has 1 atom stereocenters. The fourth-order valence-corrected chi connectivity index (χ4v) is 2.63. The molecule has 0 heterocycles. The van der Waals surface area contributed by atoms with Crippen LogP contribution in [0.2, 0.25) is 0 Å². The first-order valence-corrected chi connectivity index (χ1v) is 8.19. The van der Waals surface area contributed by atoms with E-state index in [1.807, 2.05) is 24.3 Å². The molecule has 0 fully saturated rings. The molecule has 2 aromatic rings. The smallest absolute Gasteiger partial charge is 0.134 e. The molecule has 2 aromatic carbocycles. The van der Waals surface area contributed by atoms with Crippen molar-refractivity contribution >= 4 is 15.9 Å². The molecule has 1 N–H and O–H groups in total. The third-order valence-corrected chi connectivity index (χ3v) is 4.01. The van der Waals surface area contributed by atoms with E-state index in [1.54, 1.807) is 0 Å². The molecule has 0 bridgehead atoms. The normalized spacial score (nSPS) is 12.1. The predicted molar refractivity (Wildman–Crippen MR) is 91.6 cm³/mol. The van der Waals surface area contributed by atoms with E-state index in [0.29, 0.717) is 12.6 Å². The van der Waals surface area contributed by atoms with Gasteiger partial charge in [-0.05, 0) is 59.1 Å². The first-order valence-electron chi connectivity index (χ1n) is 7.40. The van der Waals surface area contributed by atoms with Gasteiger partial charge in [0.15, 0.2) is 0 Å². The molecular weight excluding hydrogens is 326 g/mol. The minimum atomic E-state index is 0.351. The van der Waals surface area contributed by atoms with Crippen LogP contribution >= 0.6 is 15.9 Å². The lowest BCUT2D eigenvalue weighted by molar-refractivity contribution is 0.304. The molecule has 0 aromatic heterocycles. The summed E-state index contributed by atoms with van der Waals surface area (Å²) in [6.45, 7) is 5.98. The fraction of sp³-hybridized carbons (Fsp3) is 0.333. The van der Waals surface area contributed by atoms with Crippen LogP contribution in [0.3, 0.4) is 0 Å². The van der Waals surface area contributed by atoms with Crippen molar-refractivity contribution in [2.75, 3.05) is 6.54 Å². The average molecular weight is 348 g/mol. The van der Waals surface area contributed by atoms with Crippen molar-refractivity contribution < 1.29 is 4.74 Å². The summed E-state index contributed by atoms with van der Waals surface area (Å²) in [5.41, 5.74) is 2.44. The summed E-state index contributed by atoms with van der Waals surface area (Å²) in [6, 6.07) is 16.8. The van der Waals surface area contributed by atoms with Crippen LogP contribution in [-0.2, 0) is 6.61 Å². The van der Waals surface area contributed by atoms with Crippen molar-refractivity contribution in [3.8, 4) is 5.75 Å². The third-order valence-electron chi connectivity index (χ3n) is 3.39. The zero-order chi connectivity index (χ0) is 15.1. The Kier molecular flexibility index (Phi) is 6.27. The maximum absolute atomic E-state index is 5.87. The van der Waals surface area contributed by atoms with Gasteiger partial charge in [-0.3, -0.25) is 0 Å². The van der Waals surface area contributed by atoms with Crippen LogP contribution in [-0.4, -0.2) is 6.54 Å². The van der Waals surface area contributed by atoms with Crippen molar-refractivity contribution in [1.29, 1.82) is 0 Å². The standard InChI is InChI=1S/C18H22BrNO/c1-3-11-20-14(2)16-9-10-18(17(19)12-16)21-13-15-7-5-4-6-8-15/h4-10,12,14,20H,3,11,13H2,1-2H3. The van der Waals surface area contributed by atoms with E-state index in [-0.39, 0.29) is 0 Å². The zero-order valence-electron chi connectivity index (χ0n) is 12.6. The summed E-state index contributed by atoms with van der Waals surface area (Å²) in [4.78, 5) is 0. The van der Waals surface area contributed by atoms with Crippen LogP contribution in [0.25, 0.3) is 0 Å². The van der Waals surface area contributed by atoms with E-state index in [1.165, 1.54) is 11.1 Å². The minimum Gasteiger partial charge on any atom is -0.488 e. The van der Waals surface area contributed by atoms with Gasteiger partial charge in [0.05, 0.1) is 4.47 Å². The van der Waals surface area contributed by atoms with Gasteiger partial charge in [0.25, 0.3) is 0 Å². The Morgan fingerprint density at radius 1 is 1.14 bits per heavy atom. The second-order valence-corrected chi connectivity index (χ2v) is 5.99. The topological polar surface area (TPSA) is 21.3 Å². The lowest BCUT2D eigenvalue weighted by Crippen LogP contribution is -2.19. The SMILES string of the molecule is CCCNC(C)c1ccc(OCc2ccccc2)c(Br)c1. The number of halogens is 1. The van der Waals surface area contributed by atoms with Gasteiger partial charge in [-0.15, -0.1) is 0 Å². The fourth-order valence-electron chi connectivity index (χ4n) is 2.12. The van der Waals surface area contributed by atoms with Gasteiger partial charge >= 0.3 is 0 Å². The third kappa shape index (κ3) is 4.87. The first kappa shape index (κ1) is 16.1. The molecule has 0 aliphatic heterocycles. The molecule has 0 radical (unpaired) electrons. The van der Waals surface area contributed by atoms with Gasteiger partial charge in [0.1, 0.15) is 12.4 Å². The van der Waals surface area contributed by atoms with Gasteiger partial charge in [-0.1, -0.05) is 43.3 Å². The lowest BCUT2D eigenvalue weighted by Gasteiger charge is -2.15. The number of rotatable bonds is 7. The quantitative estimate of drug-likeness (QED) is 0.753. The second kappa shape index (κ2) is 8.20. The molecule has 1 unspecified atom stereocenters. The number of ether oxygens (including phenoxy) is 1. The van der Waals surface area contributed by atoms with Gasteiger partial charge in [-0.2, -0.15) is 0 Å². The van der Waals surface area contributed by atoms with E-state index < -0.39 is 0 Å². The predicted octanol–water partition coefficient (Wildman–Crippen LogP) is 5.09. The Hall–Kier alpha value is -1.32. The Balaban J connectivity index is 1.99. The van der Waals surface area contributed by atoms with Gasteiger partial charge in [-0.25, -0.2) is 0 Å². The summed E-state index contributed by atoms with van der Waals surface area (Å²) in [7, 11) is 0. The van der Waals surface area contributed by atoms with Gasteiger partial charge in [0.2, 0.25) is 0 Å². The lowest BCUT2D eigenvalue weighted by atomic mass is 10.1. The Labute approximate surface area is 135 Å². The molecule has 2 rings (SSSR count). The molecule has 2 nitrogen and oxygen atoms in total. The highest BCUT2D eigenvalue weighted by Crippen LogP contribution is 2.29. The van der Waals surface area contributed by atoms with Crippen molar-refractivity contribution in [2.24, 2.45) is 0 Å². The van der Waals surface area contributed by atoms with E-state index in [0.717, 1.165) is 23.2 Å². The maximum Gasteiger partial charge on any atom is 0.134 e. The Morgan fingerprint density at radius 2 is 1.90 bits per heavy atom. The molecule has 21 heavy (non-hydrogen) atoms. The van der Waals surface area contributed by atoms with Crippen LogP contribution in [0.15, 0.2) is 53.0 Å². The van der Waals surface area contributed by atoms with Gasteiger partial charge < -0.3 is 10.1 Å². The van der Waals surface area contributed by atoms with Crippen LogP contribution in [0, 0.1) is 0 Å². The Bertz CT molecular complexity index is 556. The van der Waals surface area contributed by atoms with E-state index >= 15 is 0 Å². The van der Waals surface area contributed by atoms with Crippen molar-refractivity contribution in [1.82, 2.24) is 5.32 Å². The first-order chi connectivity index (χ1) is 10.2. The molecule has 0 spiro atoms. The van der Waals surface area contributed by atoms with Crippen LogP contribution in [0.5, 0.6) is 5.75 Å². The Morgan fingerprint density at radius 3 is 2.57 bits per heavy atom. The molecular formula is C18H22BrNO. The summed E-state index contributed by atoms with van der Waals surface area (Å²) >= 11 is 3.60. The second-order valence-electron chi connectivity index (χ2n) is 5.14. The number of nitrogens with one attached hydrogen (secondary N) is 1. The summed E-state index contributed by atoms with van der Waals surface area (Å²) in [5.74, 6) is 0.880. The highest BCUT2D eigenvalue weighted by Gasteiger charge is 2.08. The van der Waals surface area contributed by atoms with Crippen molar-refractivity contribution in [2.45, 2.75) is 32.9 Å². The molecule has 0 saturated heterocycles. The maximum atomic E-state index is 5.87. The molecule has 0 saturated carbocycles. The molecule has 0 aliphatic carbocycles. The molecule has 0 aliphatic rings. The number of hydrogen-bond donors (Lipinski definition) is 1. The summed E-state index contributed by atoms with van der Waals surface area (Å²) in [5, 5.41) is 3.49. The summed E-state index contributed by atoms with van der Waals surface area (Å²) < 4.78 is 6.87. The van der Waals surface area contributed by atoms with Crippen LogP contribution in [0.4, 0.5) is 0 Å². The largest absolute Gasteiger partial charge is 0.488 e. The average Bonchev–Trinajstić information content (AvgIpc) is 2.52. The van der Waals surface area contributed by atoms with E-state index in [4.69, 9.17) is 4.74 Å². The highest BCUT2D eigenvalue weighted by molar-refractivity contribution is 9.10. The zero-order valence-corrected chi connectivity index (χ0v) is 14.2. The summed E-state index contributed by atoms with van der Waals surface area (Å²) in [6.07, 6.45) is 1.14. The molecule has 0 amide bonds. The van der Waals surface area contributed by atoms with Crippen LogP contribution < -0.4 is 10.1 Å². The van der Waals surface area contributed by atoms with Crippen molar-refractivity contribution in [3.05, 3.63) is 64.1 Å². The van der Waals surface area contributed by atoms with E-state index in [2.05, 4.69) is 59.4 Å². The van der Waals surface area contributed by atoms with Gasteiger partial charge in [0, 0.05) is 6.04 Å². The van der Waals surface area contributed by atoms with Crippen LogP contribution in [0.1, 0.15) is 37.4 Å².